The molecule has 178 valence electrons. The molecule has 1 saturated carbocycles. The molecule has 3 N–H and O–H groups in total. The van der Waals surface area contributed by atoms with Crippen molar-refractivity contribution in [3.05, 3.63) is 87.9 Å². The Hall–Kier alpha value is -3.65. The molecule has 8 heteroatoms. The number of carbonyl (C=O) groups is 3. The molecule has 7 nitrogen and oxygen atoms in total. The summed E-state index contributed by atoms with van der Waals surface area (Å²) >= 11 is 3.32. The van der Waals surface area contributed by atoms with Crippen LogP contribution in [0.3, 0.4) is 0 Å². The van der Waals surface area contributed by atoms with Gasteiger partial charge in [-0.05, 0) is 69.2 Å². The minimum atomic E-state index is -1.08. The highest BCUT2D eigenvalue weighted by Crippen LogP contribution is 2.45. The number of carboxylic acids is 1. The van der Waals surface area contributed by atoms with E-state index in [0.717, 1.165) is 22.3 Å². The van der Waals surface area contributed by atoms with Crippen molar-refractivity contribution in [2.24, 2.45) is 0 Å². The maximum absolute atomic E-state index is 12.7. The first-order valence-electron chi connectivity index (χ1n) is 11.3. The first-order chi connectivity index (χ1) is 16.8. The van der Waals surface area contributed by atoms with Crippen LogP contribution in [0.15, 0.2) is 71.2 Å². The van der Waals surface area contributed by atoms with Gasteiger partial charge in [0.1, 0.15) is 6.61 Å². The summed E-state index contributed by atoms with van der Waals surface area (Å²) in [5.74, 6) is -1.43. The van der Waals surface area contributed by atoms with Crippen molar-refractivity contribution in [3.63, 3.8) is 0 Å². The summed E-state index contributed by atoms with van der Waals surface area (Å²) in [6.07, 6.45) is 0.856. The molecule has 0 aromatic heterocycles. The smallest absolute Gasteiger partial charge is 0.407 e. The number of ether oxygens (including phenoxy) is 1. The summed E-state index contributed by atoms with van der Waals surface area (Å²) in [6, 6.07) is 20.7. The van der Waals surface area contributed by atoms with Crippen molar-refractivity contribution in [2.45, 2.75) is 30.7 Å². The summed E-state index contributed by atoms with van der Waals surface area (Å²) in [7, 11) is 0. The fourth-order valence-electron chi connectivity index (χ4n) is 4.60. The topological polar surface area (TPSA) is 105 Å². The van der Waals surface area contributed by atoms with E-state index in [4.69, 9.17) is 4.74 Å². The standard InChI is InChI=1S/C27H23BrN2O5/c28-22-10-9-16(25(32)33)13-23(22)29-24(31)14-27(11-12-27)30-26(34)35-15-21-19-7-3-1-5-17(19)18-6-2-4-8-20(18)21/h1-10,13,21H,11-12,14-15H2,(H,29,31)(H,30,34)(H,32,33). The molecule has 0 saturated heterocycles. The van der Waals surface area contributed by atoms with Crippen LogP contribution in [0.2, 0.25) is 0 Å². The lowest BCUT2D eigenvalue weighted by molar-refractivity contribution is -0.116. The molecule has 3 aromatic rings. The van der Waals surface area contributed by atoms with Gasteiger partial charge in [-0.15, -0.1) is 0 Å². The summed E-state index contributed by atoms with van der Waals surface area (Å²) in [5.41, 5.74) is 4.38. The molecule has 0 bridgehead atoms. The van der Waals surface area contributed by atoms with Crippen molar-refractivity contribution in [2.75, 3.05) is 11.9 Å². The van der Waals surface area contributed by atoms with Gasteiger partial charge in [-0.2, -0.15) is 0 Å². The van der Waals surface area contributed by atoms with Crippen molar-refractivity contribution in [3.8, 4) is 11.1 Å². The number of halogens is 1. The van der Waals surface area contributed by atoms with Crippen molar-refractivity contribution < 1.29 is 24.2 Å². The zero-order valence-corrected chi connectivity index (χ0v) is 20.3. The molecule has 0 atom stereocenters. The van der Waals surface area contributed by atoms with Crippen LogP contribution in [0.5, 0.6) is 0 Å². The first kappa shape index (κ1) is 23.1. The van der Waals surface area contributed by atoms with Crippen molar-refractivity contribution in [1.29, 1.82) is 0 Å². The molecule has 0 radical (unpaired) electrons. The molecule has 0 unspecified atom stereocenters. The Morgan fingerprint density at radius 2 is 1.60 bits per heavy atom. The van der Waals surface area contributed by atoms with Crippen LogP contribution < -0.4 is 10.6 Å². The molecule has 2 aliphatic carbocycles. The average molecular weight is 535 g/mol. The quantitative estimate of drug-likeness (QED) is 0.368. The molecule has 0 spiro atoms. The highest BCUT2D eigenvalue weighted by atomic mass is 79.9. The minimum absolute atomic E-state index is 0.0366. The average Bonchev–Trinajstić information content (AvgIpc) is 3.50. The van der Waals surface area contributed by atoms with Gasteiger partial charge in [0.15, 0.2) is 0 Å². The number of rotatable bonds is 7. The Kier molecular flexibility index (Phi) is 6.06. The maximum atomic E-state index is 12.7. The number of carbonyl (C=O) groups excluding carboxylic acids is 2. The van der Waals surface area contributed by atoms with E-state index in [1.54, 1.807) is 6.07 Å². The molecule has 5 rings (SSSR count). The van der Waals surface area contributed by atoms with Crippen LogP contribution in [0.25, 0.3) is 11.1 Å². The monoisotopic (exact) mass is 534 g/mol. The van der Waals surface area contributed by atoms with Crippen LogP contribution in [-0.2, 0) is 9.53 Å². The first-order valence-corrected chi connectivity index (χ1v) is 12.1. The molecule has 1 fully saturated rings. The van der Waals surface area contributed by atoms with E-state index in [1.165, 1.54) is 12.1 Å². The lowest BCUT2D eigenvalue weighted by atomic mass is 9.98. The van der Waals surface area contributed by atoms with Crippen molar-refractivity contribution in [1.82, 2.24) is 5.32 Å². The Labute approximate surface area is 210 Å². The third kappa shape index (κ3) is 4.79. The lowest BCUT2D eigenvalue weighted by Crippen LogP contribution is -2.40. The number of carboxylic acid groups (broad SMARTS) is 1. The fourth-order valence-corrected chi connectivity index (χ4v) is 4.95. The van der Waals surface area contributed by atoms with E-state index in [9.17, 15) is 19.5 Å². The largest absolute Gasteiger partial charge is 0.478 e. The van der Waals surface area contributed by atoms with E-state index >= 15 is 0 Å². The molecule has 35 heavy (non-hydrogen) atoms. The lowest BCUT2D eigenvalue weighted by Gasteiger charge is -2.19. The number of hydrogen-bond donors (Lipinski definition) is 3. The van der Waals surface area contributed by atoms with E-state index < -0.39 is 17.6 Å². The third-order valence-electron chi connectivity index (χ3n) is 6.55. The van der Waals surface area contributed by atoms with Gasteiger partial charge in [0.25, 0.3) is 0 Å². The van der Waals surface area contributed by atoms with E-state index in [2.05, 4.69) is 50.8 Å². The number of benzene rings is 3. The van der Waals surface area contributed by atoms with Crippen molar-refractivity contribution >= 4 is 39.6 Å². The molecule has 0 heterocycles. The summed E-state index contributed by atoms with van der Waals surface area (Å²) in [5, 5.41) is 14.8. The van der Waals surface area contributed by atoms with Gasteiger partial charge in [-0.25, -0.2) is 9.59 Å². The number of nitrogens with one attached hydrogen (secondary N) is 2. The van der Waals surface area contributed by atoms with Gasteiger partial charge in [-0.1, -0.05) is 48.5 Å². The fraction of sp³-hybridized carbons (Fsp3) is 0.222. The number of aromatic carboxylic acids is 1. The maximum Gasteiger partial charge on any atom is 0.407 e. The zero-order chi connectivity index (χ0) is 24.6. The van der Waals surface area contributed by atoms with E-state index in [1.807, 2.05) is 24.3 Å². The van der Waals surface area contributed by atoms with Crippen LogP contribution in [0.1, 0.15) is 46.7 Å². The second-order valence-corrected chi connectivity index (χ2v) is 9.81. The van der Waals surface area contributed by atoms with E-state index in [0.29, 0.717) is 23.0 Å². The normalized spacial score (nSPS) is 15.0. The molecule has 2 amide bonds. The predicted octanol–water partition coefficient (Wildman–Crippen LogP) is 5.55. The zero-order valence-electron chi connectivity index (χ0n) is 18.7. The second kappa shape index (κ2) is 9.19. The van der Waals surface area contributed by atoms with Gasteiger partial charge >= 0.3 is 12.1 Å². The minimum Gasteiger partial charge on any atom is -0.478 e. The van der Waals surface area contributed by atoms with Gasteiger partial charge in [0, 0.05) is 10.4 Å². The summed E-state index contributed by atoms with van der Waals surface area (Å²) in [6.45, 7) is 0.205. The number of alkyl carbamates (subject to hydrolysis) is 1. The van der Waals surface area contributed by atoms with Crippen LogP contribution >= 0.6 is 15.9 Å². The summed E-state index contributed by atoms with van der Waals surface area (Å²) in [4.78, 5) is 36.5. The third-order valence-corrected chi connectivity index (χ3v) is 7.24. The van der Waals surface area contributed by atoms with Gasteiger partial charge in [0.2, 0.25) is 5.91 Å². The Bertz CT molecular complexity index is 1290. The molecule has 3 aromatic carbocycles. The number of hydrogen-bond acceptors (Lipinski definition) is 4. The molecular formula is C27H23BrN2O5. The van der Waals surface area contributed by atoms with E-state index in [-0.39, 0.29) is 30.4 Å². The summed E-state index contributed by atoms with van der Waals surface area (Å²) < 4.78 is 6.20. The number of anilines is 1. The highest BCUT2D eigenvalue weighted by molar-refractivity contribution is 9.10. The Morgan fingerprint density at radius 1 is 0.971 bits per heavy atom. The Balaban J connectivity index is 1.19. The van der Waals surface area contributed by atoms with Gasteiger partial charge in [-0.3, -0.25) is 4.79 Å². The second-order valence-electron chi connectivity index (χ2n) is 8.96. The van der Waals surface area contributed by atoms with Crippen LogP contribution in [0.4, 0.5) is 10.5 Å². The molecular weight excluding hydrogens is 512 g/mol. The van der Waals surface area contributed by atoms with Gasteiger partial charge < -0.3 is 20.5 Å². The Morgan fingerprint density at radius 3 is 2.20 bits per heavy atom. The highest BCUT2D eigenvalue weighted by Gasteiger charge is 2.46. The number of amides is 2. The SMILES string of the molecule is O=C(CC1(NC(=O)OCC2c3ccccc3-c3ccccc32)CC1)Nc1cc(C(=O)O)ccc1Br. The number of fused-ring (bicyclic) bond motifs is 3. The molecule has 0 aliphatic heterocycles. The van der Waals surface area contributed by atoms with Crippen LogP contribution in [-0.4, -0.2) is 35.2 Å². The molecule has 2 aliphatic rings. The van der Waals surface area contributed by atoms with Crippen LogP contribution in [0, 0.1) is 0 Å². The predicted molar refractivity (Wildman–Crippen MR) is 135 cm³/mol. The van der Waals surface area contributed by atoms with Gasteiger partial charge in [0.05, 0.1) is 23.2 Å².